The number of hydrogen-bond donors (Lipinski definition) is 3. The van der Waals surface area contributed by atoms with Gasteiger partial charge in [0.15, 0.2) is 5.78 Å². The van der Waals surface area contributed by atoms with Crippen molar-refractivity contribution in [2.45, 2.75) is 12.8 Å². The van der Waals surface area contributed by atoms with E-state index in [-0.39, 0.29) is 18.3 Å². The van der Waals surface area contributed by atoms with Gasteiger partial charge < -0.3 is 15.7 Å². The third-order valence-corrected chi connectivity index (χ3v) is 2.91. The van der Waals surface area contributed by atoms with Crippen molar-refractivity contribution in [3.05, 3.63) is 0 Å². The van der Waals surface area contributed by atoms with E-state index in [0.717, 1.165) is 25.9 Å². The smallest absolute Gasteiger partial charge is 0.152 e. The molecular weight excluding hydrogens is 180 g/mol. The molecule has 0 amide bonds. The van der Waals surface area contributed by atoms with E-state index >= 15 is 0 Å². The van der Waals surface area contributed by atoms with Crippen LogP contribution in [0.4, 0.5) is 0 Å². The van der Waals surface area contributed by atoms with E-state index in [1.807, 2.05) is 0 Å². The first kappa shape index (κ1) is 11.6. The average molecular weight is 200 g/mol. The molecule has 1 heterocycles. The zero-order chi connectivity index (χ0) is 10.4. The summed E-state index contributed by atoms with van der Waals surface area (Å²) in [4.78, 5) is 11.6. The third-order valence-electron chi connectivity index (χ3n) is 2.91. The van der Waals surface area contributed by atoms with Gasteiger partial charge in [0.05, 0.1) is 13.2 Å². The van der Waals surface area contributed by atoms with Crippen LogP contribution in [0.3, 0.4) is 0 Å². The van der Waals surface area contributed by atoms with Crippen LogP contribution < -0.4 is 10.6 Å². The number of aliphatic hydroxyl groups excluding tert-OH is 1. The predicted octanol–water partition coefficient (Wildman–Crippen LogP) is -0.617. The molecule has 0 radical (unpaired) electrons. The van der Waals surface area contributed by atoms with Crippen molar-refractivity contribution in [1.29, 1.82) is 0 Å². The molecular formula is C10H20N2O2. The summed E-state index contributed by atoms with van der Waals surface area (Å²) >= 11 is 0. The highest BCUT2D eigenvalue weighted by atomic mass is 16.3. The zero-order valence-electron chi connectivity index (χ0n) is 8.75. The Bertz CT molecular complexity index is 179. The Labute approximate surface area is 85.1 Å². The first-order chi connectivity index (χ1) is 6.79. The van der Waals surface area contributed by atoms with Crippen molar-refractivity contribution in [2.24, 2.45) is 11.8 Å². The molecule has 0 aromatic rings. The van der Waals surface area contributed by atoms with E-state index < -0.39 is 0 Å². The Kier molecular flexibility index (Phi) is 5.07. The molecule has 14 heavy (non-hydrogen) atoms. The molecule has 1 unspecified atom stereocenters. The lowest BCUT2D eigenvalue weighted by molar-refractivity contribution is -0.125. The molecule has 0 aliphatic carbocycles. The number of likely N-dealkylation sites (N-methyl/N-ethyl adjacent to an activating group) is 1. The largest absolute Gasteiger partial charge is 0.396 e. The maximum Gasteiger partial charge on any atom is 0.152 e. The number of Topliss-reactive ketones (excluding diaryl/α,β-unsaturated/α-hetero) is 1. The van der Waals surface area contributed by atoms with Crippen LogP contribution in [0.2, 0.25) is 0 Å². The van der Waals surface area contributed by atoms with Gasteiger partial charge in [-0.2, -0.15) is 0 Å². The van der Waals surface area contributed by atoms with Crippen molar-refractivity contribution in [3.8, 4) is 0 Å². The summed E-state index contributed by atoms with van der Waals surface area (Å²) in [6.45, 7) is 2.29. The van der Waals surface area contributed by atoms with Crippen molar-refractivity contribution in [2.75, 3.05) is 33.3 Å². The fourth-order valence-electron chi connectivity index (χ4n) is 2.07. The van der Waals surface area contributed by atoms with Crippen LogP contribution in [-0.4, -0.2) is 44.2 Å². The van der Waals surface area contributed by atoms with Crippen LogP contribution in [0.15, 0.2) is 0 Å². The quantitative estimate of drug-likeness (QED) is 0.554. The van der Waals surface area contributed by atoms with Gasteiger partial charge >= 0.3 is 0 Å². The van der Waals surface area contributed by atoms with E-state index in [2.05, 4.69) is 10.6 Å². The van der Waals surface area contributed by atoms with Crippen LogP contribution >= 0.6 is 0 Å². The fraction of sp³-hybridized carbons (Fsp3) is 0.900. The molecule has 82 valence electrons. The molecule has 1 aliphatic rings. The fourth-order valence-corrected chi connectivity index (χ4v) is 2.07. The van der Waals surface area contributed by atoms with E-state index in [0.29, 0.717) is 12.5 Å². The third kappa shape index (κ3) is 3.04. The molecule has 0 bridgehead atoms. The van der Waals surface area contributed by atoms with E-state index in [1.165, 1.54) is 0 Å². The number of hydrogen-bond acceptors (Lipinski definition) is 4. The van der Waals surface area contributed by atoms with Gasteiger partial charge in [0.1, 0.15) is 0 Å². The van der Waals surface area contributed by atoms with Crippen molar-refractivity contribution in [3.63, 3.8) is 0 Å². The molecule has 0 spiro atoms. The van der Waals surface area contributed by atoms with Crippen LogP contribution in [0.5, 0.6) is 0 Å². The van der Waals surface area contributed by atoms with Gasteiger partial charge in [-0.3, -0.25) is 4.79 Å². The van der Waals surface area contributed by atoms with E-state index in [4.69, 9.17) is 0 Å². The van der Waals surface area contributed by atoms with Crippen LogP contribution in [0.25, 0.3) is 0 Å². The molecule has 0 saturated carbocycles. The number of carbonyl (C=O) groups excluding carboxylic acids is 1. The Morgan fingerprint density at radius 3 is 2.71 bits per heavy atom. The lowest BCUT2D eigenvalue weighted by atomic mass is 9.82. The van der Waals surface area contributed by atoms with Crippen LogP contribution in [0, 0.1) is 11.8 Å². The number of rotatable bonds is 5. The lowest BCUT2D eigenvalue weighted by Crippen LogP contribution is -2.39. The molecule has 0 aromatic heterocycles. The summed E-state index contributed by atoms with van der Waals surface area (Å²) in [5, 5.41) is 15.3. The number of aliphatic hydroxyl groups is 1. The first-order valence-corrected chi connectivity index (χ1v) is 5.28. The maximum absolute atomic E-state index is 11.6. The summed E-state index contributed by atoms with van der Waals surface area (Å²) in [6, 6.07) is 0. The van der Waals surface area contributed by atoms with E-state index in [1.54, 1.807) is 7.05 Å². The minimum Gasteiger partial charge on any atom is -0.396 e. The molecule has 0 aromatic carbocycles. The Morgan fingerprint density at radius 2 is 2.21 bits per heavy atom. The Hall–Kier alpha value is -0.450. The maximum atomic E-state index is 11.6. The summed E-state index contributed by atoms with van der Waals surface area (Å²) in [7, 11) is 1.76. The van der Waals surface area contributed by atoms with E-state index in [9.17, 15) is 9.90 Å². The normalized spacial score (nSPS) is 20.7. The summed E-state index contributed by atoms with van der Waals surface area (Å²) in [5.74, 6) is 0.341. The molecule has 1 rings (SSSR count). The van der Waals surface area contributed by atoms with Gasteiger partial charge in [-0.15, -0.1) is 0 Å². The van der Waals surface area contributed by atoms with Gasteiger partial charge in [-0.05, 0) is 38.9 Å². The highest BCUT2D eigenvalue weighted by Crippen LogP contribution is 2.22. The first-order valence-electron chi connectivity index (χ1n) is 5.28. The predicted molar refractivity (Wildman–Crippen MR) is 55.1 cm³/mol. The van der Waals surface area contributed by atoms with Crippen LogP contribution in [-0.2, 0) is 4.79 Å². The number of ketones is 1. The zero-order valence-corrected chi connectivity index (χ0v) is 8.75. The molecule has 1 atom stereocenters. The summed E-state index contributed by atoms with van der Waals surface area (Å²) in [5.41, 5.74) is 0. The molecule has 3 N–H and O–H groups in total. The SMILES string of the molecule is CNCC(=O)C(CO)C1CCNCC1. The Balaban J connectivity index is 2.46. The van der Waals surface area contributed by atoms with Gasteiger partial charge in [0.25, 0.3) is 0 Å². The number of piperidine rings is 1. The molecule has 4 heteroatoms. The van der Waals surface area contributed by atoms with Gasteiger partial charge in [0, 0.05) is 5.92 Å². The molecule has 1 aliphatic heterocycles. The van der Waals surface area contributed by atoms with Gasteiger partial charge in [0.2, 0.25) is 0 Å². The van der Waals surface area contributed by atoms with Crippen molar-refractivity contribution >= 4 is 5.78 Å². The second-order valence-corrected chi connectivity index (χ2v) is 3.87. The molecule has 1 fully saturated rings. The highest BCUT2D eigenvalue weighted by Gasteiger charge is 2.27. The molecule has 1 saturated heterocycles. The number of carbonyl (C=O) groups is 1. The molecule has 4 nitrogen and oxygen atoms in total. The van der Waals surface area contributed by atoms with Crippen molar-refractivity contribution in [1.82, 2.24) is 10.6 Å². The van der Waals surface area contributed by atoms with Crippen molar-refractivity contribution < 1.29 is 9.90 Å². The second-order valence-electron chi connectivity index (χ2n) is 3.87. The lowest BCUT2D eigenvalue weighted by Gasteiger charge is -2.28. The van der Waals surface area contributed by atoms with Gasteiger partial charge in [-0.25, -0.2) is 0 Å². The number of nitrogens with one attached hydrogen (secondary N) is 2. The minimum absolute atomic E-state index is 0.00875. The monoisotopic (exact) mass is 200 g/mol. The second kappa shape index (κ2) is 6.11. The summed E-state index contributed by atoms with van der Waals surface area (Å²) < 4.78 is 0. The standard InChI is InChI=1S/C10H20N2O2/c1-11-6-10(14)9(7-13)8-2-4-12-5-3-8/h8-9,11-13H,2-7H2,1H3. The topological polar surface area (TPSA) is 61.4 Å². The van der Waals surface area contributed by atoms with Gasteiger partial charge in [-0.1, -0.05) is 0 Å². The minimum atomic E-state index is -0.162. The Morgan fingerprint density at radius 1 is 1.57 bits per heavy atom. The van der Waals surface area contributed by atoms with Crippen LogP contribution in [0.1, 0.15) is 12.8 Å². The average Bonchev–Trinajstić information content (AvgIpc) is 2.21. The summed E-state index contributed by atoms with van der Waals surface area (Å²) in [6.07, 6.45) is 2.00. The highest BCUT2D eigenvalue weighted by molar-refractivity contribution is 5.83.